The highest BCUT2D eigenvalue weighted by molar-refractivity contribution is 6.39. The van der Waals surface area contributed by atoms with E-state index in [0.717, 1.165) is 24.2 Å². The van der Waals surface area contributed by atoms with Crippen molar-refractivity contribution in [1.29, 1.82) is 0 Å². The smallest absolute Gasteiger partial charge is 0.270 e. The molecule has 2 amide bonds. The molecule has 3 heterocycles. The number of hydrazone groups is 1. The first-order chi connectivity index (χ1) is 18.2. The Hall–Kier alpha value is -3.93. The molecule has 1 unspecified atom stereocenters. The van der Waals surface area contributed by atoms with Crippen molar-refractivity contribution in [3.63, 3.8) is 0 Å². The van der Waals surface area contributed by atoms with E-state index in [4.69, 9.17) is 5.10 Å². The highest BCUT2D eigenvalue weighted by Gasteiger charge is 2.37. The zero-order chi connectivity index (χ0) is 25.2. The highest BCUT2D eigenvalue weighted by atomic mass is 16.2. The van der Waals surface area contributed by atoms with Crippen molar-refractivity contribution in [2.75, 3.05) is 24.6 Å². The summed E-state index contributed by atoms with van der Waals surface area (Å²) < 4.78 is 0. The zero-order valence-corrected chi connectivity index (χ0v) is 21.0. The van der Waals surface area contributed by atoms with Gasteiger partial charge in [0.2, 0.25) is 5.91 Å². The van der Waals surface area contributed by atoms with Crippen LogP contribution in [0.5, 0.6) is 0 Å². The van der Waals surface area contributed by atoms with E-state index in [1.165, 1.54) is 11.1 Å². The number of carbonyl (C=O) groups excluding carboxylic acids is 2. The Labute approximate surface area is 218 Å². The number of fused-ring (bicyclic) bond motifs is 1. The summed E-state index contributed by atoms with van der Waals surface area (Å²) >= 11 is 0. The van der Waals surface area contributed by atoms with Gasteiger partial charge in [-0.1, -0.05) is 72.8 Å². The van der Waals surface area contributed by atoms with Gasteiger partial charge in [0.1, 0.15) is 5.71 Å². The largest absolute Gasteiger partial charge is 0.338 e. The summed E-state index contributed by atoms with van der Waals surface area (Å²) in [7, 11) is 0. The fourth-order valence-electron chi connectivity index (χ4n) is 5.85. The number of benzene rings is 3. The van der Waals surface area contributed by atoms with E-state index < -0.39 is 0 Å². The maximum atomic E-state index is 13.5. The zero-order valence-electron chi connectivity index (χ0n) is 21.0. The molecule has 1 saturated heterocycles. The molecule has 188 valence electrons. The number of amides is 2. The molecule has 0 saturated carbocycles. The van der Waals surface area contributed by atoms with Crippen LogP contribution in [0.4, 0.5) is 5.69 Å². The minimum absolute atomic E-state index is 0.00263. The molecule has 37 heavy (non-hydrogen) atoms. The monoisotopic (exact) mass is 492 g/mol. The Kier molecular flexibility index (Phi) is 6.47. The van der Waals surface area contributed by atoms with E-state index in [1.807, 2.05) is 69.4 Å². The molecule has 0 aliphatic carbocycles. The fourth-order valence-corrected chi connectivity index (χ4v) is 5.85. The maximum absolute atomic E-state index is 13.5. The molecule has 6 nitrogen and oxygen atoms in total. The molecule has 0 N–H and O–H groups in total. The Morgan fingerprint density at radius 1 is 0.730 bits per heavy atom. The van der Waals surface area contributed by atoms with Gasteiger partial charge in [-0.05, 0) is 48.1 Å². The van der Waals surface area contributed by atoms with E-state index >= 15 is 0 Å². The molecule has 1 fully saturated rings. The third kappa shape index (κ3) is 4.76. The number of para-hydroxylation sites is 1. The second kappa shape index (κ2) is 10.2. The minimum Gasteiger partial charge on any atom is -0.338 e. The van der Waals surface area contributed by atoms with Crippen LogP contribution in [0.25, 0.3) is 0 Å². The Balaban J connectivity index is 1.11. The van der Waals surface area contributed by atoms with Crippen molar-refractivity contribution in [3.8, 4) is 0 Å². The number of carbonyl (C=O) groups is 2. The average molecular weight is 493 g/mol. The number of piperidine rings is 1. The van der Waals surface area contributed by atoms with E-state index in [9.17, 15) is 9.59 Å². The summed E-state index contributed by atoms with van der Waals surface area (Å²) in [6.45, 7) is 2.67. The van der Waals surface area contributed by atoms with Crippen LogP contribution >= 0.6 is 0 Å². The molecule has 0 radical (unpaired) electrons. The van der Waals surface area contributed by atoms with Gasteiger partial charge in [-0.2, -0.15) is 5.10 Å². The molecule has 0 spiro atoms. The van der Waals surface area contributed by atoms with Crippen LogP contribution < -0.4 is 5.01 Å². The maximum Gasteiger partial charge on any atom is 0.270 e. The summed E-state index contributed by atoms with van der Waals surface area (Å²) in [6.07, 6.45) is 2.91. The first kappa shape index (κ1) is 23.5. The second-order valence-corrected chi connectivity index (χ2v) is 10.2. The van der Waals surface area contributed by atoms with Crippen molar-refractivity contribution in [1.82, 2.24) is 9.80 Å². The van der Waals surface area contributed by atoms with Crippen molar-refractivity contribution in [3.05, 3.63) is 102 Å². The summed E-state index contributed by atoms with van der Waals surface area (Å²) in [6, 6.07) is 28.7. The van der Waals surface area contributed by atoms with Gasteiger partial charge in [-0.3, -0.25) is 14.6 Å². The standard InChI is InChI=1S/C31H32N4O2/c36-30(34-20-15-23-9-7-8-12-26(23)22-34)25-16-18-33(19-17-25)31(37)28-21-29(24-10-3-1-4-11-24)35(32-28)27-13-5-2-6-14-27/h1-14,25,29H,15-22H2. The second-order valence-electron chi connectivity index (χ2n) is 10.2. The Morgan fingerprint density at radius 3 is 2.11 bits per heavy atom. The van der Waals surface area contributed by atoms with Gasteiger partial charge in [-0.15, -0.1) is 0 Å². The molecule has 0 aromatic heterocycles. The minimum atomic E-state index is -0.0160. The highest BCUT2D eigenvalue weighted by Crippen LogP contribution is 2.36. The quantitative estimate of drug-likeness (QED) is 0.525. The predicted molar refractivity (Wildman–Crippen MR) is 145 cm³/mol. The van der Waals surface area contributed by atoms with Crippen molar-refractivity contribution in [2.24, 2.45) is 11.0 Å². The van der Waals surface area contributed by atoms with E-state index in [0.29, 0.717) is 44.6 Å². The molecule has 3 aliphatic heterocycles. The summed E-state index contributed by atoms with van der Waals surface area (Å²) in [5.74, 6) is 0.217. The van der Waals surface area contributed by atoms with Crippen LogP contribution in [0.2, 0.25) is 0 Å². The van der Waals surface area contributed by atoms with Crippen LogP contribution in [-0.2, 0) is 22.6 Å². The number of anilines is 1. The van der Waals surface area contributed by atoms with E-state index in [1.54, 1.807) is 0 Å². The van der Waals surface area contributed by atoms with Crippen molar-refractivity contribution >= 4 is 23.2 Å². The van der Waals surface area contributed by atoms with Gasteiger partial charge < -0.3 is 9.80 Å². The molecular weight excluding hydrogens is 460 g/mol. The number of hydrogen-bond donors (Lipinski definition) is 0. The average Bonchev–Trinajstić information content (AvgIpc) is 3.43. The summed E-state index contributed by atoms with van der Waals surface area (Å²) in [4.78, 5) is 30.7. The van der Waals surface area contributed by atoms with E-state index in [-0.39, 0.29) is 23.8 Å². The molecular formula is C31H32N4O2. The number of hydrogen-bond acceptors (Lipinski definition) is 4. The lowest BCUT2D eigenvalue weighted by Gasteiger charge is -2.36. The van der Waals surface area contributed by atoms with Crippen molar-refractivity contribution in [2.45, 2.75) is 38.3 Å². The topological polar surface area (TPSA) is 56.2 Å². The van der Waals surface area contributed by atoms with Crippen molar-refractivity contribution < 1.29 is 9.59 Å². The third-order valence-corrected chi connectivity index (χ3v) is 7.94. The molecule has 6 heteroatoms. The van der Waals surface area contributed by atoms with Gasteiger partial charge in [-0.25, -0.2) is 0 Å². The first-order valence-corrected chi connectivity index (χ1v) is 13.3. The van der Waals surface area contributed by atoms with Crippen LogP contribution in [0.15, 0.2) is 90.0 Å². The third-order valence-electron chi connectivity index (χ3n) is 7.94. The SMILES string of the molecule is O=C(C1=NN(c2ccccc2)C(c2ccccc2)C1)N1CCC(C(=O)N2CCc3ccccc3C2)CC1. The Morgan fingerprint density at radius 2 is 1.38 bits per heavy atom. The normalized spacial score (nSPS) is 19.9. The van der Waals surface area contributed by atoms with Crippen LogP contribution in [0, 0.1) is 5.92 Å². The molecule has 3 aromatic rings. The summed E-state index contributed by atoms with van der Waals surface area (Å²) in [5, 5.41) is 6.80. The molecule has 6 rings (SSSR count). The lowest BCUT2D eigenvalue weighted by atomic mass is 9.92. The molecule has 0 bridgehead atoms. The Bertz CT molecular complexity index is 1300. The van der Waals surface area contributed by atoms with Gasteiger partial charge in [0.15, 0.2) is 0 Å². The van der Waals surface area contributed by atoms with Crippen LogP contribution in [0.1, 0.15) is 42.0 Å². The lowest BCUT2D eigenvalue weighted by Crippen LogP contribution is -2.47. The van der Waals surface area contributed by atoms with Gasteiger partial charge in [0, 0.05) is 38.5 Å². The molecule has 3 aliphatic rings. The van der Waals surface area contributed by atoms with Gasteiger partial charge in [0.25, 0.3) is 5.91 Å². The molecule has 1 atom stereocenters. The summed E-state index contributed by atoms with van der Waals surface area (Å²) in [5.41, 5.74) is 5.32. The number of likely N-dealkylation sites (tertiary alicyclic amines) is 1. The van der Waals surface area contributed by atoms with Crippen LogP contribution in [0.3, 0.4) is 0 Å². The van der Waals surface area contributed by atoms with Gasteiger partial charge in [0.05, 0.1) is 11.7 Å². The predicted octanol–water partition coefficient (Wildman–Crippen LogP) is 4.82. The molecule has 3 aromatic carbocycles. The number of rotatable bonds is 4. The number of nitrogens with zero attached hydrogens (tertiary/aromatic N) is 4. The fraction of sp³-hybridized carbons (Fsp3) is 0.323. The van der Waals surface area contributed by atoms with E-state index in [2.05, 4.69) is 30.3 Å². The van der Waals surface area contributed by atoms with Gasteiger partial charge >= 0.3 is 0 Å². The first-order valence-electron chi connectivity index (χ1n) is 13.3. The lowest BCUT2D eigenvalue weighted by molar-refractivity contribution is -0.139. The van der Waals surface area contributed by atoms with Crippen LogP contribution in [-0.4, -0.2) is 47.0 Å².